The highest BCUT2D eigenvalue weighted by Gasteiger charge is 2.06. The Labute approximate surface area is 104 Å². The van der Waals surface area contributed by atoms with E-state index in [0.717, 1.165) is 5.69 Å². The summed E-state index contributed by atoms with van der Waals surface area (Å²) in [5.74, 6) is 0.199. The van der Waals surface area contributed by atoms with Crippen molar-refractivity contribution in [3.8, 4) is 0 Å². The molecule has 18 heavy (non-hydrogen) atoms. The first-order valence-electron chi connectivity index (χ1n) is 5.41. The number of nitrogen functional groups attached to an aromatic ring is 1. The van der Waals surface area contributed by atoms with Gasteiger partial charge in [0.1, 0.15) is 0 Å². The van der Waals surface area contributed by atoms with E-state index < -0.39 is 5.91 Å². The number of aromatic nitrogens is 1. The van der Waals surface area contributed by atoms with Crippen LogP contribution in [0.25, 0.3) is 0 Å². The Morgan fingerprint density at radius 2 is 2.22 bits per heavy atom. The van der Waals surface area contributed by atoms with Crippen molar-refractivity contribution in [1.82, 2.24) is 5.16 Å². The first kappa shape index (κ1) is 12.0. The third-order valence-corrected chi connectivity index (χ3v) is 2.47. The Morgan fingerprint density at radius 1 is 1.44 bits per heavy atom. The van der Waals surface area contributed by atoms with Gasteiger partial charge in [-0.25, -0.2) is 0 Å². The lowest BCUT2D eigenvalue weighted by atomic mass is 10.1. The second-order valence-electron chi connectivity index (χ2n) is 3.95. The number of aryl methyl sites for hydroxylation is 1. The predicted octanol–water partition coefficient (Wildman–Crippen LogP) is 1.28. The lowest BCUT2D eigenvalue weighted by Gasteiger charge is -2.08. The van der Waals surface area contributed by atoms with Crippen LogP contribution < -0.4 is 16.8 Å². The summed E-state index contributed by atoms with van der Waals surface area (Å²) < 4.78 is 5.06. The minimum absolute atomic E-state index is 0.403. The average Bonchev–Trinajstić information content (AvgIpc) is 2.74. The lowest BCUT2D eigenvalue weighted by Crippen LogP contribution is -2.12. The van der Waals surface area contributed by atoms with Gasteiger partial charge >= 0.3 is 0 Å². The number of nitrogens with two attached hydrogens (primary N) is 2. The Hall–Kier alpha value is -2.50. The number of hydrogen-bond donors (Lipinski definition) is 3. The van der Waals surface area contributed by atoms with Gasteiger partial charge in [-0.05, 0) is 25.1 Å². The number of amides is 1. The molecule has 2 rings (SSSR count). The van der Waals surface area contributed by atoms with Crippen LogP contribution in [0.3, 0.4) is 0 Å². The minimum Gasteiger partial charge on any atom is -0.397 e. The van der Waals surface area contributed by atoms with Crippen molar-refractivity contribution in [2.24, 2.45) is 5.73 Å². The topological polar surface area (TPSA) is 107 Å². The molecule has 0 unspecified atom stereocenters. The van der Waals surface area contributed by atoms with Crippen LogP contribution in [-0.2, 0) is 6.54 Å². The fraction of sp³-hybridized carbons (Fsp3) is 0.167. The van der Waals surface area contributed by atoms with Crippen LogP contribution in [0.15, 0.2) is 28.8 Å². The van der Waals surface area contributed by atoms with Crippen LogP contribution >= 0.6 is 0 Å². The molecule has 6 nitrogen and oxygen atoms in total. The number of nitrogens with one attached hydrogen (secondary N) is 1. The van der Waals surface area contributed by atoms with Gasteiger partial charge in [-0.1, -0.05) is 5.16 Å². The van der Waals surface area contributed by atoms with Gasteiger partial charge in [0.15, 0.2) is 5.76 Å². The van der Waals surface area contributed by atoms with Crippen LogP contribution in [0.1, 0.15) is 21.8 Å². The molecule has 0 bridgehead atoms. The Bertz CT molecular complexity index is 577. The molecular formula is C12H14N4O2. The zero-order valence-electron chi connectivity index (χ0n) is 9.93. The molecule has 1 amide bonds. The highest BCUT2D eigenvalue weighted by Crippen LogP contribution is 2.20. The number of hydrogen-bond acceptors (Lipinski definition) is 5. The zero-order chi connectivity index (χ0) is 13.1. The fourth-order valence-corrected chi connectivity index (χ4v) is 1.54. The normalized spacial score (nSPS) is 10.3. The van der Waals surface area contributed by atoms with Crippen molar-refractivity contribution >= 4 is 17.3 Å². The summed E-state index contributed by atoms with van der Waals surface area (Å²) in [4.78, 5) is 11.1. The van der Waals surface area contributed by atoms with Crippen molar-refractivity contribution in [2.75, 3.05) is 11.1 Å². The van der Waals surface area contributed by atoms with Gasteiger partial charge in [0.05, 0.1) is 23.6 Å². The molecule has 0 aliphatic carbocycles. The van der Waals surface area contributed by atoms with Crippen molar-refractivity contribution in [3.63, 3.8) is 0 Å². The van der Waals surface area contributed by atoms with E-state index in [1.54, 1.807) is 18.2 Å². The maximum Gasteiger partial charge on any atom is 0.248 e. The van der Waals surface area contributed by atoms with Gasteiger partial charge in [-0.15, -0.1) is 0 Å². The molecule has 1 heterocycles. The van der Waals surface area contributed by atoms with E-state index in [0.29, 0.717) is 29.2 Å². The van der Waals surface area contributed by atoms with Crippen molar-refractivity contribution in [1.29, 1.82) is 0 Å². The highest BCUT2D eigenvalue weighted by molar-refractivity contribution is 5.94. The first-order valence-corrected chi connectivity index (χ1v) is 5.41. The summed E-state index contributed by atoms with van der Waals surface area (Å²) in [5, 5.41) is 6.85. The Balaban J connectivity index is 2.13. The summed E-state index contributed by atoms with van der Waals surface area (Å²) >= 11 is 0. The van der Waals surface area contributed by atoms with E-state index in [2.05, 4.69) is 10.5 Å². The smallest absolute Gasteiger partial charge is 0.248 e. The van der Waals surface area contributed by atoms with Gasteiger partial charge in [0.2, 0.25) is 5.91 Å². The second-order valence-corrected chi connectivity index (χ2v) is 3.95. The van der Waals surface area contributed by atoms with Gasteiger partial charge in [-0.2, -0.15) is 0 Å². The van der Waals surface area contributed by atoms with E-state index in [1.807, 2.05) is 13.0 Å². The lowest BCUT2D eigenvalue weighted by molar-refractivity contribution is 0.100. The molecule has 0 radical (unpaired) electrons. The molecule has 1 aromatic heterocycles. The monoisotopic (exact) mass is 246 g/mol. The molecule has 0 spiro atoms. The number of carbonyl (C=O) groups is 1. The molecule has 94 valence electrons. The third kappa shape index (κ3) is 2.60. The molecule has 0 fully saturated rings. The number of nitrogens with zero attached hydrogens (tertiary/aromatic N) is 1. The van der Waals surface area contributed by atoms with Crippen LogP contribution in [0, 0.1) is 6.92 Å². The zero-order valence-corrected chi connectivity index (χ0v) is 9.93. The van der Waals surface area contributed by atoms with E-state index in [9.17, 15) is 4.79 Å². The van der Waals surface area contributed by atoms with Gasteiger partial charge in [0, 0.05) is 11.6 Å². The maximum absolute atomic E-state index is 11.1. The van der Waals surface area contributed by atoms with Crippen LogP contribution in [0.5, 0.6) is 0 Å². The molecule has 2 aromatic rings. The molecule has 0 aliphatic heterocycles. The SMILES string of the molecule is Cc1cc(CNc2cc(C(N)=O)ccc2N)on1. The summed E-state index contributed by atoms with van der Waals surface area (Å²) in [7, 11) is 0. The van der Waals surface area contributed by atoms with Gasteiger partial charge in [-0.3, -0.25) is 4.79 Å². The largest absolute Gasteiger partial charge is 0.397 e. The average molecular weight is 246 g/mol. The molecule has 5 N–H and O–H groups in total. The Kier molecular flexibility index (Phi) is 3.18. The van der Waals surface area contributed by atoms with Crippen molar-refractivity contribution in [3.05, 3.63) is 41.3 Å². The van der Waals surface area contributed by atoms with E-state index >= 15 is 0 Å². The number of carbonyl (C=O) groups excluding carboxylic acids is 1. The fourth-order valence-electron chi connectivity index (χ4n) is 1.54. The summed E-state index contributed by atoms with van der Waals surface area (Å²) in [6, 6.07) is 6.65. The van der Waals surface area contributed by atoms with Crippen molar-refractivity contribution in [2.45, 2.75) is 13.5 Å². The van der Waals surface area contributed by atoms with Crippen LogP contribution in [0.2, 0.25) is 0 Å². The summed E-state index contributed by atoms with van der Waals surface area (Å²) in [6.45, 7) is 2.28. The molecule has 0 saturated heterocycles. The highest BCUT2D eigenvalue weighted by atomic mass is 16.5. The standard InChI is InChI=1S/C12H14N4O2/c1-7-4-9(18-16-7)6-15-11-5-8(12(14)17)2-3-10(11)13/h2-5,15H,6,13H2,1H3,(H2,14,17). The van der Waals surface area contributed by atoms with Gasteiger partial charge < -0.3 is 21.3 Å². The summed E-state index contributed by atoms with van der Waals surface area (Å²) in [5.41, 5.74) is 13.4. The Morgan fingerprint density at radius 3 is 2.83 bits per heavy atom. The summed E-state index contributed by atoms with van der Waals surface area (Å²) in [6.07, 6.45) is 0. The van der Waals surface area contributed by atoms with Crippen molar-refractivity contribution < 1.29 is 9.32 Å². The molecular weight excluding hydrogens is 232 g/mol. The molecule has 0 atom stereocenters. The number of rotatable bonds is 4. The van der Waals surface area contributed by atoms with Gasteiger partial charge in [0.25, 0.3) is 0 Å². The number of primary amides is 1. The molecule has 0 saturated carbocycles. The van der Waals surface area contributed by atoms with E-state index in [-0.39, 0.29) is 0 Å². The minimum atomic E-state index is -0.492. The first-order chi connectivity index (χ1) is 8.56. The number of anilines is 2. The third-order valence-electron chi connectivity index (χ3n) is 2.47. The van der Waals surface area contributed by atoms with E-state index in [4.69, 9.17) is 16.0 Å². The second kappa shape index (κ2) is 4.79. The van der Waals surface area contributed by atoms with E-state index in [1.165, 1.54) is 0 Å². The predicted molar refractivity (Wildman–Crippen MR) is 67.9 cm³/mol. The quantitative estimate of drug-likeness (QED) is 0.704. The number of benzene rings is 1. The molecule has 0 aliphatic rings. The molecule has 6 heteroatoms. The van der Waals surface area contributed by atoms with Crippen LogP contribution in [-0.4, -0.2) is 11.1 Å². The molecule has 1 aromatic carbocycles. The maximum atomic E-state index is 11.1. The van der Waals surface area contributed by atoms with Crippen LogP contribution in [0.4, 0.5) is 11.4 Å².